The summed E-state index contributed by atoms with van der Waals surface area (Å²) in [5.41, 5.74) is 0. The molecule has 1 atom stereocenters. The van der Waals surface area contributed by atoms with Gasteiger partial charge >= 0.3 is 0 Å². The van der Waals surface area contributed by atoms with Gasteiger partial charge in [0.2, 0.25) is 0 Å². The third kappa shape index (κ3) is 2.77. The molecule has 3 nitrogen and oxygen atoms in total. The third-order valence-electron chi connectivity index (χ3n) is 4.04. The highest BCUT2D eigenvalue weighted by molar-refractivity contribution is 7.18. The number of hydrogen-bond donors (Lipinski definition) is 0. The molecule has 3 rings (SSSR count). The van der Waals surface area contributed by atoms with E-state index in [1.165, 1.54) is 23.1 Å². The van der Waals surface area contributed by atoms with Crippen molar-refractivity contribution in [2.45, 2.75) is 32.6 Å². The number of aryl methyl sites for hydroxylation is 1. The summed E-state index contributed by atoms with van der Waals surface area (Å²) in [7, 11) is 0. The Morgan fingerprint density at radius 2 is 2.35 bits per heavy atom. The molecule has 108 valence electrons. The number of fused-ring (bicyclic) bond motifs is 1. The Labute approximate surface area is 129 Å². The maximum absolute atomic E-state index is 5.90. The van der Waals surface area contributed by atoms with Crippen LogP contribution in [0, 0.1) is 5.92 Å². The Bertz CT molecular complexity index is 582. The van der Waals surface area contributed by atoms with Gasteiger partial charge in [-0.3, -0.25) is 0 Å². The van der Waals surface area contributed by atoms with Crippen LogP contribution in [0.15, 0.2) is 12.4 Å². The number of nitrogens with zero attached hydrogens (tertiary/aromatic N) is 3. The molecule has 1 aliphatic rings. The molecule has 0 N–H and O–H groups in total. The molecule has 20 heavy (non-hydrogen) atoms. The maximum Gasteiger partial charge on any atom is 0.140 e. The van der Waals surface area contributed by atoms with E-state index < -0.39 is 0 Å². The molecule has 0 bridgehead atoms. The van der Waals surface area contributed by atoms with Crippen molar-refractivity contribution < 1.29 is 0 Å². The Hall–Kier alpha value is -0.870. The number of alkyl halides is 1. The second-order valence-corrected chi connectivity index (χ2v) is 6.91. The Kier molecular flexibility index (Phi) is 4.41. The molecule has 0 aromatic carbocycles. The summed E-state index contributed by atoms with van der Waals surface area (Å²) in [6.07, 6.45) is 6.41. The smallest absolute Gasteiger partial charge is 0.140 e. The molecule has 1 aliphatic heterocycles. The topological polar surface area (TPSA) is 29.0 Å². The second-order valence-electron chi connectivity index (χ2n) is 5.41. The van der Waals surface area contributed by atoms with E-state index in [4.69, 9.17) is 11.6 Å². The van der Waals surface area contributed by atoms with Gasteiger partial charge in [0, 0.05) is 23.8 Å². The van der Waals surface area contributed by atoms with E-state index in [1.54, 1.807) is 17.7 Å². The first-order chi connectivity index (χ1) is 9.81. The molecule has 2 aromatic rings. The highest BCUT2D eigenvalue weighted by Gasteiger charge is 2.22. The van der Waals surface area contributed by atoms with Crippen molar-refractivity contribution in [3.8, 4) is 0 Å². The van der Waals surface area contributed by atoms with Crippen molar-refractivity contribution >= 4 is 39.0 Å². The summed E-state index contributed by atoms with van der Waals surface area (Å²) in [6, 6.07) is 2.26. The normalized spacial score (nSPS) is 19.7. The molecule has 1 unspecified atom stereocenters. The van der Waals surface area contributed by atoms with Crippen LogP contribution in [0.4, 0.5) is 5.82 Å². The zero-order valence-electron chi connectivity index (χ0n) is 11.8. The van der Waals surface area contributed by atoms with Crippen LogP contribution in [-0.4, -0.2) is 28.9 Å². The number of hydrogen-bond acceptors (Lipinski definition) is 4. The van der Waals surface area contributed by atoms with Gasteiger partial charge in [-0.2, -0.15) is 0 Å². The van der Waals surface area contributed by atoms with Gasteiger partial charge < -0.3 is 4.90 Å². The summed E-state index contributed by atoms with van der Waals surface area (Å²) >= 11 is 7.69. The third-order valence-corrected chi connectivity index (χ3v) is 5.45. The maximum atomic E-state index is 5.90. The lowest BCUT2D eigenvalue weighted by Crippen LogP contribution is -2.36. The fourth-order valence-corrected chi connectivity index (χ4v) is 4.20. The number of halogens is 1. The minimum atomic E-state index is 0.704. The van der Waals surface area contributed by atoms with E-state index in [0.29, 0.717) is 5.92 Å². The zero-order chi connectivity index (χ0) is 13.9. The molecule has 2 aromatic heterocycles. The van der Waals surface area contributed by atoms with Crippen LogP contribution in [0.3, 0.4) is 0 Å². The molecule has 0 saturated carbocycles. The highest BCUT2D eigenvalue weighted by Crippen LogP contribution is 2.33. The van der Waals surface area contributed by atoms with E-state index in [1.807, 2.05) is 0 Å². The van der Waals surface area contributed by atoms with Gasteiger partial charge in [-0.25, -0.2) is 9.97 Å². The van der Waals surface area contributed by atoms with Crippen molar-refractivity contribution in [1.82, 2.24) is 9.97 Å². The quantitative estimate of drug-likeness (QED) is 0.796. The molecule has 0 radical (unpaired) electrons. The van der Waals surface area contributed by atoms with Crippen LogP contribution >= 0.6 is 22.9 Å². The van der Waals surface area contributed by atoms with Gasteiger partial charge in [0.15, 0.2) is 0 Å². The lowest BCUT2D eigenvalue weighted by Gasteiger charge is -2.33. The summed E-state index contributed by atoms with van der Waals surface area (Å²) in [5.74, 6) is 2.58. The first kappa shape index (κ1) is 14.1. The van der Waals surface area contributed by atoms with Crippen molar-refractivity contribution in [3.63, 3.8) is 0 Å². The van der Waals surface area contributed by atoms with Crippen LogP contribution in [0.5, 0.6) is 0 Å². The van der Waals surface area contributed by atoms with Crippen molar-refractivity contribution in [3.05, 3.63) is 17.3 Å². The lowest BCUT2D eigenvalue weighted by molar-refractivity contribution is 0.405. The molecule has 5 heteroatoms. The fraction of sp³-hybridized carbons (Fsp3) is 0.600. The highest BCUT2D eigenvalue weighted by atomic mass is 35.5. The molecule has 0 spiro atoms. The summed E-state index contributed by atoms with van der Waals surface area (Å²) in [4.78, 5) is 13.9. The summed E-state index contributed by atoms with van der Waals surface area (Å²) < 4.78 is 0. The molecule has 3 heterocycles. The number of aromatic nitrogens is 2. The minimum absolute atomic E-state index is 0.704. The molecular formula is C15H20ClN3S. The number of rotatable bonds is 4. The first-order valence-electron chi connectivity index (χ1n) is 7.36. The number of piperidine rings is 1. The standard InChI is InChI=1S/C15H20ClN3S/c1-2-12-8-13-14(17-10-18-15(13)20-12)19-7-3-4-11(9-19)5-6-16/h8,10-11H,2-7,9H2,1H3. The summed E-state index contributed by atoms with van der Waals surface area (Å²) in [5, 5.41) is 1.22. The predicted molar refractivity (Wildman–Crippen MR) is 87.1 cm³/mol. The largest absolute Gasteiger partial charge is 0.356 e. The van der Waals surface area contributed by atoms with Crippen LogP contribution in [-0.2, 0) is 6.42 Å². The fourth-order valence-electron chi connectivity index (χ4n) is 2.97. The van der Waals surface area contributed by atoms with Gasteiger partial charge in [0.25, 0.3) is 0 Å². The van der Waals surface area contributed by atoms with E-state index in [0.717, 1.165) is 42.5 Å². The van der Waals surface area contributed by atoms with Gasteiger partial charge in [-0.15, -0.1) is 22.9 Å². The molecule has 1 saturated heterocycles. The Morgan fingerprint density at radius 3 is 3.15 bits per heavy atom. The minimum Gasteiger partial charge on any atom is -0.356 e. The predicted octanol–water partition coefficient (Wildman–Crippen LogP) is 4.10. The average molecular weight is 310 g/mol. The van der Waals surface area contributed by atoms with Gasteiger partial charge in [0.1, 0.15) is 17.0 Å². The monoisotopic (exact) mass is 309 g/mol. The molecule has 1 fully saturated rings. The molecule has 0 aliphatic carbocycles. The van der Waals surface area contributed by atoms with Crippen molar-refractivity contribution in [1.29, 1.82) is 0 Å². The lowest BCUT2D eigenvalue weighted by atomic mass is 9.95. The van der Waals surface area contributed by atoms with Crippen molar-refractivity contribution in [2.24, 2.45) is 5.92 Å². The number of thiophene rings is 1. The first-order valence-corrected chi connectivity index (χ1v) is 8.71. The van der Waals surface area contributed by atoms with Gasteiger partial charge in [0.05, 0.1) is 5.39 Å². The van der Waals surface area contributed by atoms with Crippen molar-refractivity contribution in [2.75, 3.05) is 23.9 Å². The van der Waals surface area contributed by atoms with Crippen LogP contribution < -0.4 is 4.90 Å². The van der Waals surface area contributed by atoms with Crippen LogP contribution in [0.25, 0.3) is 10.2 Å². The molecular weight excluding hydrogens is 290 g/mol. The van der Waals surface area contributed by atoms with E-state index >= 15 is 0 Å². The second kappa shape index (κ2) is 6.27. The van der Waals surface area contributed by atoms with Crippen LogP contribution in [0.2, 0.25) is 0 Å². The van der Waals surface area contributed by atoms with E-state index in [2.05, 4.69) is 27.9 Å². The Morgan fingerprint density at radius 1 is 1.45 bits per heavy atom. The van der Waals surface area contributed by atoms with Gasteiger partial charge in [-0.1, -0.05) is 6.92 Å². The van der Waals surface area contributed by atoms with E-state index in [9.17, 15) is 0 Å². The van der Waals surface area contributed by atoms with Crippen LogP contribution in [0.1, 0.15) is 31.1 Å². The SMILES string of the molecule is CCc1cc2c(N3CCCC(CCCl)C3)ncnc2s1. The molecule has 0 amide bonds. The number of anilines is 1. The Balaban J connectivity index is 1.90. The van der Waals surface area contributed by atoms with Gasteiger partial charge in [-0.05, 0) is 37.7 Å². The zero-order valence-corrected chi connectivity index (χ0v) is 13.4. The average Bonchev–Trinajstić information content (AvgIpc) is 2.91. The van der Waals surface area contributed by atoms with E-state index in [-0.39, 0.29) is 0 Å². The summed E-state index contributed by atoms with van der Waals surface area (Å²) in [6.45, 7) is 4.37.